The molecule has 2 aromatic carbocycles. The topological polar surface area (TPSA) is 75.7 Å². The molecule has 2 atom stereocenters. The van der Waals surface area contributed by atoms with Crippen molar-refractivity contribution in [3.05, 3.63) is 65.7 Å². The van der Waals surface area contributed by atoms with Crippen molar-refractivity contribution in [2.45, 2.75) is 26.3 Å². The number of amides is 2. The zero-order chi connectivity index (χ0) is 20.1. The lowest BCUT2D eigenvalue weighted by molar-refractivity contribution is -0.152. The standard InChI is InChI=1S/C22H24N2O4/c1-15-8-10-19(11-9-15)24-13-18(12-21(24)26)22(27)28-14-20(25)23-16(2)17-6-4-3-5-7-17/h3-11,16,18H,12-14H2,1-2H3,(H,23,25)/t16-,18+/m1/s1. The summed E-state index contributed by atoms with van der Waals surface area (Å²) in [6.07, 6.45) is 0.0920. The van der Waals surface area contributed by atoms with Gasteiger partial charge in [0.25, 0.3) is 5.91 Å². The predicted octanol–water partition coefficient (Wildman–Crippen LogP) is 2.77. The minimum absolute atomic E-state index is 0.0920. The second-order valence-corrected chi connectivity index (χ2v) is 7.05. The molecule has 6 nitrogen and oxygen atoms in total. The molecule has 28 heavy (non-hydrogen) atoms. The van der Waals surface area contributed by atoms with Crippen LogP contribution < -0.4 is 10.2 Å². The molecule has 0 unspecified atom stereocenters. The highest BCUT2D eigenvalue weighted by Gasteiger charge is 2.36. The summed E-state index contributed by atoms with van der Waals surface area (Å²) in [4.78, 5) is 38.2. The van der Waals surface area contributed by atoms with Gasteiger partial charge in [0.05, 0.1) is 12.0 Å². The Kier molecular flexibility index (Phi) is 6.09. The molecule has 0 aliphatic carbocycles. The van der Waals surface area contributed by atoms with Gasteiger partial charge in [-0.25, -0.2) is 0 Å². The fraction of sp³-hybridized carbons (Fsp3) is 0.318. The highest BCUT2D eigenvalue weighted by Crippen LogP contribution is 2.26. The van der Waals surface area contributed by atoms with E-state index in [0.29, 0.717) is 0 Å². The Morgan fingerprint density at radius 3 is 2.50 bits per heavy atom. The van der Waals surface area contributed by atoms with Crippen LogP contribution in [0.5, 0.6) is 0 Å². The number of anilines is 1. The molecule has 1 aliphatic rings. The number of nitrogens with one attached hydrogen (secondary N) is 1. The number of nitrogens with zero attached hydrogens (tertiary/aromatic N) is 1. The molecule has 2 amide bonds. The molecular weight excluding hydrogens is 356 g/mol. The first-order chi connectivity index (χ1) is 13.4. The lowest BCUT2D eigenvalue weighted by Crippen LogP contribution is -2.32. The lowest BCUT2D eigenvalue weighted by Gasteiger charge is -2.17. The molecule has 1 aliphatic heterocycles. The van der Waals surface area contributed by atoms with Gasteiger partial charge in [-0.3, -0.25) is 14.4 Å². The second-order valence-electron chi connectivity index (χ2n) is 7.05. The first-order valence-electron chi connectivity index (χ1n) is 9.32. The van der Waals surface area contributed by atoms with Crippen LogP contribution >= 0.6 is 0 Å². The fourth-order valence-electron chi connectivity index (χ4n) is 3.20. The molecule has 0 aromatic heterocycles. The summed E-state index contributed by atoms with van der Waals surface area (Å²) in [7, 11) is 0. The van der Waals surface area contributed by atoms with E-state index in [4.69, 9.17) is 4.74 Å². The first kappa shape index (κ1) is 19.6. The molecule has 146 valence electrons. The Morgan fingerprint density at radius 2 is 1.82 bits per heavy atom. The van der Waals surface area contributed by atoms with Gasteiger partial charge in [-0.1, -0.05) is 48.0 Å². The van der Waals surface area contributed by atoms with Crippen LogP contribution in [0.2, 0.25) is 0 Å². The van der Waals surface area contributed by atoms with E-state index >= 15 is 0 Å². The van der Waals surface area contributed by atoms with Crippen LogP contribution in [-0.2, 0) is 19.1 Å². The molecule has 1 fully saturated rings. The number of carbonyl (C=O) groups excluding carboxylic acids is 3. The summed E-state index contributed by atoms with van der Waals surface area (Å²) in [5.41, 5.74) is 2.83. The van der Waals surface area contributed by atoms with Gasteiger partial charge in [0.15, 0.2) is 6.61 Å². The zero-order valence-corrected chi connectivity index (χ0v) is 16.1. The number of rotatable bonds is 6. The number of benzene rings is 2. The van der Waals surface area contributed by atoms with E-state index in [9.17, 15) is 14.4 Å². The number of hydrogen-bond acceptors (Lipinski definition) is 4. The predicted molar refractivity (Wildman–Crippen MR) is 106 cm³/mol. The smallest absolute Gasteiger partial charge is 0.311 e. The van der Waals surface area contributed by atoms with Crippen LogP contribution in [0.15, 0.2) is 54.6 Å². The van der Waals surface area contributed by atoms with Gasteiger partial charge in [-0.2, -0.15) is 0 Å². The molecule has 0 radical (unpaired) electrons. The van der Waals surface area contributed by atoms with Crippen LogP contribution in [0.3, 0.4) is 0 Å². The third-order valence-electron chi connectivity index (χ3n) is 4.83. The maximum Gasteiger partial charge on any atom is 0.311 e. The van der Waals surface area contributed by atoms with Gasteiger partial charge in [-0.05, 0) is 31.5 Å². The third-order valence-corrected chi connectivity index (χ3v) is 4.83. The maximum absolute atomic E-state index is 12.3. The van der Waals surface area contributed by atoms with E-state index in [1.165, 1.54) is 0 Å². The van der Waals surface area contributed by atoms with Crippen molar-refractivity contribution in [2.24, 2.45) is 5.92 Å². The maximum atomic E-state index is 12.3. The van der Waals surface area contributed by atoms with Crippen LogP contribution in [0, 0.1) is 12.8 Å². The SMILES string of the molecule is Cc1ccc(N2C[C@@H](C(=O)OCC(=O)N[C@H](C)c3ccccc3)CC2=O)cc1. The van der Waals surface area contributed by atoms with Crippen LogP contribution in [0.25, 0.3) is 0 Å². The quantitative estimate of drug-likeness (QED) is 0.782. The summed E-state index contributed by atoms with van der Waals surface area (Å²) in [6.45, 7) is 3.75. The fourth-order valence-corrected chi connectivity index (χ4v) is 3.20. The van der Waals surface area contributed by atoms with E-state index in [0.717, 1.165) is 16.8 Å². The molecule has 0 spiro atoms. The summed E-state index contributed by atoms with van der Waals surface area (Å²) < 4.78 is 5.15. The molecule has 2 aromatic rings. The number of esters is 1. The lowest BCUT2D eigenvalue weighted by atomic mass is 10.1. The zero-order valence-electron chi connectivity index (χ0n) is 16.1. The van der Waals surface area contributed by atoms with Crippen LogP contribution in [0.1, 0.15) is 30.5 Å². The van der Waals surface area contributed by atoms with Gasteiger partial charge in [0, 0.05) is 18.7 Å². The summed E-state index contributed by atoms with van der Waals surface area (Å²) >= 11 is 0. The monoisotopic (exact) mass is 380 g/mol. The van der Waals surface area contributed by atoms with E-state index in [2.05, 4.69) is 5.32 Å². The Bertz CT molecular complexity index is 849. The molecule has 1 heterocycles. The third kappa shape index (κ3) is 4.76. The molecule has 6 heteroatoms. The summed E-state index contributed by atoms with van der Waals surface area (Å²) in [5, 5.41) is 2.80. The van der Waals surface area contributed by atoms with E-state index < -0.39 is 11.9 Å². The number of carbonyl (C=O) groups is 3. The van der Waals surface area contributed by atoms with E-state index in [1.54, 1.807) is 4.90 Å². The largest absolute Gasteiger partial charge is 0.455 e. The first-order valence-corrected chi connectivity index (χ1v) is 9.32. The number of aryl methyl sites for hydroxylation is 1. The number of ether oxygens (including phenoxy) is 1. The molecule has 0 bridgehead atoms. The molecule has 1 saturated heterocycles. The van der Waals surface area contributed by atoms with Crippen molar-refractivity contribution in [3.63, 3.8) is 0 Å². The van der Waals surface area contributed by atoms with Crippen LogP contribution in [-0.4, -0.2) is 30.9 Å². The minimum Gasteiger partial charge on any atom is -0.455 e. The Hall–Kier alpha value is -3.15. The average molecular weight is 380 g/mol. The van der Waals surface area contributed by atoms with Crippen molar-refractivity contribution in [1.82, 2.24) is 5.32 Å². The van der Waals surface area contributed by atoms with E-state index in [1.807, 2.05) is 68.4 Å². The Morgan fingerprint density at radius 1 is 1.14 bits per heavy atom. The Labute approximate surface area is 164 Å². The second kappa shape index (κ2) is 8.69. The van der Waals surface area contributed by atoms with Crippen molar-refractivity contribution in [1.29, 1.82) is 0 Å². The van der Waals surface area contributed by atoms with Crippen molar-refractivity contribution >= 4 is 23.5 Å². The molecular formula is C22H24N2O4. The van der Waals surface area contributed by atoms with Crippen molar-refractivity contribution in [3.8, 4) is 0 Å². The highest BCUT2D eigenvalue weighted by atomic mass is 16.5. The normalized spacial score (nSPS) is 17.3. The molecule has 1 N–H and O–H groups in total. The average Bonchev–Trinajstić information content (AvgIpc) is 3.09. The van der Waals surface area contributed by atoms with Gasteiger partial charge in [0.2, 0.25) is 5.91 Å². The van der Waals surface area contributed by atoms with Crippen LogP contribution in [0.4, 0.5) is 5.69 Å². The van der Waals surface area contributed by atoms with Crippen molar-refractivity contribution < 1.29 is 19.1 Å². The van der Waals surface area contributed by atoms with Gasteiger partial charge in [-0.15, -0.1) is 0 Å². The van der Waals surface area contributed by atoms with Gasteiger partial charge < -0.3 is 15.0 Å². The highest BCUT2D eigenvalue weighted by molar-refractivity contribution is 5.99. The van der Waals surface area contributed by atoms with Crippen molar-refractivity contribution in [2.75, 3.05) is 18.1 Å². The van der Waals surface area contributed by atoms with Gasteiger partial charge >= 0.3 is 5.97 Å². The van der Waals surface area contributed by atoms with Gasteiger partial charge in [0.1, 0.15) is 0 Å². The minimum atomic E-state index is -0.562. The molecule has 3 rings (SSSR count). The Balaban J connectivity index is 1.49. The summed E-state index contributed by atoms with van der Waals surface area (Å²) in [5.74, 6) is -1.57. The summed E-state index contributed by atoms with van der Waals surface area (Å²) in [6, 6.07) is 16.9. The van der Waals surface area contributed by atoms with E-state index in [-0.39, 0.29) is 37.4 Å². The molecule has 0 saturated carbocycles. The number of hydrogen-bond donors (Lipinski definition) is 1.